The van der Waals surface area contributed by atoms with Crippen LogP contribution in [0.2, 0.25) is 0 Å². The Morgan fingerprint density at radius 3 is 2.56 bits per heavy atom. The number of halogens is 2. The van der Waals surface area contributed by atoms with Gasteiger partial charge in [0.1, 0.15) is 5.75 Å². The minimum Gasteiger partial charge on any atom is -0.450 e. The fourth-order valence-corrected chi connectivity index (χ4v) is 4.39. The molecule has 1 aliphatic rings. The van der Waals surface area contributed by atoms with Gasteiger partial charge in [0.25, 0.3) is 15.9 Å². The summed E-state index contributed by atoms with van der Waals surface area (Å²) in [5.74, 6) is -4.84. The number of morpholine rings is 1. The molecule has 0 aliphatic carbocycles. The average molecular weight is 501 g/mol. The minimum absolute atomic E-state index is 0.0227. The number of sulfonamides is 1. The number of nitrogens with zero attached hydrogens (tertiary/aromatic N) is 3. The molecule has 3 rings (SSSR count). The van der Waals surface area contributed by atoms with Gasteiger partial charge < -0.3 is 15.2 Å². The number of nitrogens with two attached hydrogens (primary N) is 1. The Kier molecular flexibility index (Phi) is 8.85. The number of rotatable bonds is 10. The summed E-state index contributed by atoms with van der Waals surface area (Å²) in [5, 5.41) is 10.0. The number of hydrogen-bond acceptors (Lipinski definition) is 9. The minimum atomic E-state index is -4.98. The molecule has 1 amide bonds. The molecule has 10 nitrogen and oxygen atoms in total. The van der Waals surface area contributed by atoms with Crippen LogP contribution in [0.25, 0.3) is 0 Å². The standard InChI is InChI=1S/C21H26F2N4O6S/c22-17-12-16(13-18(23)20(17)33-15-4-3-6-25-14-15)34(30,31)27(29)21(28)19(24)5-1-2-7-26-8-10-32-11-9-26/h3-4,6,12-14,19,29H,1-2,5,7-11,24H2/t19-/m1/s1. The normalized spacial score (nSPS) is 15.6. The van der Waals surface area contributed by atoms with Crippen molar-refractivity contribution in [2.24, 2.45) is 5.73 Å². The fraction of sp³-hybridized carbons (Fsp3) is 0.429. The topological polar surface area (TPSA) is 135 Å². The number of carbonyl (C=O) groups excluding carboxylic acids is 1. The van der Waals surface area contributed by atoms with Gasteiger partial charge in [-0.3, -0.25) is 19.9 Å². The first-order chi connectivity index (χ1) is 16.2. The number of amides is 1. The third-order valence-corrected chi connectivity index (χ3v) is 6.67. The van der Waals surface area contributed by atoms with Crippen molar-refractivity contribution in [3.8, 4) is 11.5 Å². The van der Waals surface area contributed by atoms with E-state index in [1.54, 1.807) is 0 Å². The van der Waals surface area contributed by atoms with Crippen LogP contribution in [0.4, 0.5) is 8.78 Å². The van der Waals surface area contributed by atoms with Crippen LogP contribution >= 0.6 is 0 Å². The van der Waals surface area contributed by atoms with E-state index < -0.39 is 48.7 Å². The van der Waals surface area contributed by atoms with E-state index in [1.165, 1.54) is 24.5 Å². The molecule has 3 N–H and O–H groups in total. The van der Waals surface area contributed by atoms with Crippen molar-refractivity contribution in [3.05, 3.63) is 48.3 Å². The van der Waals surface area contributed by atoms with Gasteiger partial charge in [-0.2, -0.15) is 8.42 Å². The van der Waals surface area contributed by atoms with Crippen LogP contribution in [0, 0.1) is 11.6 Å². The van der Waals surface area contributed by atoms with Crippen LogP contribution in [0.1, 0.15) is 19.3 Å². The summed E-state index contributed by atoms with van der Waals surface area (Å²) < 4.78 is 63.8. The van der Waals surface area contributed by atoms with Gasteiger partial charge in [0, 0.05) is 19.3 Å². The highest BCUT2D eigenvalue weighted by Gasteiger charge is 2.33. The van der Waals surface area contributed by atoms with Crippen LogP contribution in [0.5, 0.6) is 11.5 Å². The van der Waals surface area contributed by atoms with Crippen LogP contribution in [-0.4, -0.2) is 72.8 Å². The fourth-order valence-electron chi connectivity index (χ4n) is 3.32. The Morgan fingerprint density at radius 1 is 1.26 bits per heavy atom. The van der Waals surface area contributed by atoms with Crippen molar-refractivity contribution in [1.29, 1.82) is 0 Å². The molecule has 0 unspecified atom stereocenters. The first kappa shape index (κ1) is 25.9. The Bertz CT molecular complexity index is 1060. The Morgan fingerprint density at radius 2 is 1.94 bits per heavy atom. The summed E-state index contributed by atoms with van der Waals surface area (Å²) in [6.45, 7) is 3.72. The lowest BCUT2D eigenvalue weighted by Gasteiger charge is -2.26. The van der Waals surface area contributed by atoms with Gasteiger partial charge in [0.15, 0.2) is 17.4 Å². The van der Waals surface area contributed by atoms with Gasteiger partial charge in [-0.05, 0) is 43.7 Å². The monoisotopic (exact) mass is 500 g/mol. The second kappa shape index (κ2) is 11.6. The Labute approximate surface area is 195 Å². The summed E-state index contributed by atoms with van der Waals surface area (Å²) in [5.41, 5.74) is 5.76. The predicted octanol–water partition coefficient (Wildman–Crippen LogP) is 1.89. The van der Waals surface area contributed by atoms with Crippen molar-refractivity contribution in [2.75, 3.05) is 32.8 Å². The molecule has 13 heteroatoms. The Balaban J connectivity index is 1.61. The molecule has 0 bridgehead atoms. The molecule has 186 valence electrons. The number of unbranched alkanes of at least 4 members (excludes halogenated alkanes) is 1. The second-order valence-electron chi connectivity index (χ2n) is 7.65. The van der Waals surface area contributed by atoms with Gasteiger partial charge in [0.05, 0.1) is 30.3 Å². The lowest BCUT2D eigenvalue weighted by Crippen LogP contribution is -2.45. The van der Waals surface area contributed by atoms with Crippen molar-refractivity contribution in [1.82, 2.24) is 14.4 Å². The van der Waals surface area contributed by atoms with Gasteiger partial charge >= 0.3 is 0 Å². The lowest BCUT2D eigenvalue weighted by molar-refractivity contribution is -0.147. The van der Waals surface area contributed by atoms with Gasteiger partial charge in [-0.15, -0.1) is 4.47 Å². The molecule has 34 heavy (non-hydrogen) atoms. The molecule has 1 fully saturated rings. The quantitative estimate of drug-likeness (QED) is 0.285. The summed E-state index contributed by atoms with van der Waals surface area (Å²) in [6.07, 6.45) is 3.99. The average Bonchev–Trinajstić information content (AvgIpc) is 2.84. The first-order valence-electron chi connectivity index (χ1n) is 10.6. The molecule has 1 atom stereocenters. The molecule has 0 saturated carbocycles. The molecule has 0 radical (unpaired) electrons. The van der Waals surface area contributed by atoms with E-state index in [4.69, 9.17) is 15.2 Å². The molecule has 2 aromatic rings. The molecule has 1 aromatic heterocycles. The summed E-state index contributed by atoms with van der Waals surface area (Å²) in [6, 6.07) is 2.44. The number of benzene rings is 1. The number of carbonyl (C=O) groups is 1. The molecule has 1 aromatic carbocycles. The molecular weight excluding hydrogens is 474 g/mol. The van der Waals surface area contributed by atoms with E-state index >= 15 is 0 Å². The molecule has 2 heterocycles. The first-order valence-corrected chi connectivity index (χ1v) is 12.0. The summed E-state index contributed by atoms with van der Waals surface area (Å²) in [4.78, 5) is 17.3. The van der Waals surface area contributed by atoms with Crippen LogP contribution in [0.3, 0.4) is 0 Å². The SMILES string of the molecule is N[C@H](CCCCN1CCOCC1)C(=O)N(O)S(=O)(=O)c1cc(F)c(Oc2cccnc2)c(F)c1. The lowest BCUT2D eigenvalue weighted by atomic mass is 10.1. The zero-order chi connectivity index (χ0) is 24.7. The van der Waals surface area contributed by atoms with E-state index in [-0.39, 0.29) is 12.2 Å². The third-order valence-electron chi connectivity index (χ3n) is 5.20. The number of aromatic nitrogens is 1. The predicted molar refractivity (Wildman–Crippen MR) is 116 cm³/mol. The van der Waals surface area contributed by atoms with Crippen LogP contribution in [-0.2, 0) is 19.6 Å². The highest BCUT2D eigenvalue weighted by Crippen LogP contribution is 2.30. The number of ether oxygens (including phenoxy) is 2. The van der Waals surface area contributed by atoms with E-state index in [0.717, 1.165) is 19.6 Å². The molecule has 1 saturated heterocycles. The highest BCUT2D eigenvalue weighted by atomic mass is 32.2. The zero-order valence-corrected chi connectivity index (χ0v) is 19.1. The number of hydroxylamine groups is 1. The van der Waals surface area contributed by atoms with Crippen molar-refractivity contribution in [2.45, 2.75) is 30.2 Å². The second-order valence-corrected chi connectivity index (χ2v) is 9.42. The van der Waals surface area contributed by atoms with Crippen molar-refractivity contribution in [3.63, 3.8) is 0 Å². The number of pyridine rings is 1. The van der Waals surface area contributed by atoms with Crippen LogP contribution < -0.4 is 10.5 Å². The van der Waals surface area contributed by atoms with Crippen LogP contribution in [0.15, 0.2) is 41.6 Å². The molecular formula is C21H26F2N4O6S. The third kappa shape index (κ3) is 6.45. The summed E-state index contributed by atoms with van der Waals surface area (Å²) >= 11 is 0. The molecule has 0 spiro atoms. The van der Waals surface area contributed by atoms with Crippen molar-refractivity contribution < 1.29 is 36.7 Å². The zero-order valence-electron chi connectivity index (χ0n) is 18.3. The van der Waals surface area contributed by atoms with E-state index in [9.17, 15) is 27.2 Å². The number of hydrogen-bond donors (Lipinski definition) is 2. The van der Waals surface area contributed by atoms with E-state index in [2.05, 4.69) is 9.88 Å². The molecule has 1 aliphatic heterocycles. The van der Waals surface area contributed by atoms with E-state index in [0.29, 0.717) is 38.2 Å². The maximum absolute atomic E-state index is 14.4. The van der Waals surface area contributed by atoms with E-state index in [1.807, 2.05) is 0 Å². The highest BCUT2D eigenvalue weighted by molar-refractivity contribution is 7.89. The smallest absolute Gasteiger partial charge is 0.289 e. The van der Waals surface area contributed by atoms with Gasteiger partial charge in [-0.25, -0.2) is 8.78 Å². The Hall–Kier alpha value is -2.71. The maximum Gasteiger partial charge on any atom is 0.289 e. The largest absolute Gasteiger partial charge is 0.450 e. The van der Waals surface area contributed by atoms with Gasteiger partial charge in [0.2, 0.25) is 0 Å². The van der Waals surface area contributed by atoms with Gasteiger partial charge in [-0.1, -0.05) is 6.42 Å². The maximum atomic E-state index is 14.4. The summed E-state index contributed by atoms with van der Waals surface area (Å²) in [7, 11) is -4.98. The van der Waals surface area contributed by atoms with Crippen molar-refractivity contribution >= 4 is 15.9 Å².